The molecule has 1 aromatic heterocycles. The zero-order chi connectivity index (χ0) is 19.9. The van der Waals surface area contributed by atoms with Crippen LogP contribution in [0.4, 0.5) is 14.6 Å². The molecule has 0 radical (unpaired) electrons. The van der Waals surface area contributed by atoms with E-state index in [0.29, 0.717) is 27.7 Å². The Labute approximate surface area is 170 Å². The van der Waals surface area contributed by atoms with Crippen molar-refractivity contribution in [3.05, 3.63) is 52.8 Å². The van der Waals surface area contributed by atoms with Crippen molar-refractivity contribution in [2.24, 2.45) is 5.92 Å². The number of hydrogen-bond acceptors (Lipinski definition) is 4. The summed E-state index contributed by atoms with van der Waals surface area (Å²) in [6.07, 6.45) is 1.32. The summed E-state index contributed by atoms with van der Waals surface area (Å²) >= 11 is 12.2. The van der Waals surface area contributed by atoms with Crippen molar-refractivity contribution in [2.75, 3.05) is 18.0 Å². The van der Waals surface area contributed by atoms with Crippen LogP contribution in [0.5, 0.6) is 0 Å². The van der Waals surface area contributed by atoms with Crippen LogP contribution in [0.1, 0.15) is 6.42 Å². The Balaban J connectivity index is 1.86. The molecule has 1 aliphatic rings. The Hall–Kier alpha value is -2.31. The first-order chi connectivity index (χ1) is 13.4. The van der Waals surface area contributed by atoms with E-state index >= 15 is 0 Å². The van der Waals surface area contributed by atoms with Crippen LogP contribution in [0, 0.1) is 5.92 Å². The average Bonchev–Trinajstić information content (AvgIpc) is 2.69. The number of aldehydes is 1. The van der Waals surface area contributed by atoms with Gasteiger partial charge in [-0.05, 0) is 29.3 Å². The maximum Gasteiger partial charge on any atom is 0.260 e. The van der Waals surface area contributed by atoms with Gasteiger partial charge >= 0.3 is 0 Å². The molecule has 1 saturated heterocycles. The number of carbonyl (C=O) groups excluding carboxylic acids is 1. The fraction of sp³-hybridized carbons (Fsp3) is 0.250. The molecular formula is C20H15Cl2F2N3O. The second-order valence-corrected chi connectivity index (χ2v) is 7.54. The fourth-order valence-corrected chi connectivity index (χ4v) is 3.80. The monoisotopic (exact) mass is 421 g/mol. The highest BCUT2D eigenvalue weighted by atomic mass is 35.5. The van der Waals surface area contributed by atoms with Crippen molar-refractivity contribution in [1.29, 1.82) is 0 Å². The molecule has 3 aromatic rings. The number of halogens is 4. The first kappa shape index (κ1) is 19.0. The van der Waals surface area contributed by atoms with Gasteiger partial charge in [-0.2, -0.15) is 0 Å². The average molecular weight is 422 g/mol. The second-order valence-electron chi connectivity index (χ2n) is 6.73. The lowest BCUT2D eigenvalue weighted by molar-refractivity contribution is -0.127. The Bertz CT molecular complexity index is 1060. The van der Waals surface area contributed by atoms with Gasteiger partial charge in [0.25, 0.3) is 5.92 Å². The molecule has 28 heavy (non-hydrogen) atoms. The van der Waals surface area contributed by atoms with Crippen LogP contribution in [-0.4, -0.2) is 35.3 Å². The molecule has 2 heterocycles. The Morgan fingerprint density at radius 1 is 1.14 bits per heavy atom. The lowest BCUT2D eigenvalue weighted by atomic mass is 9.94. The third-order valence-electron chi connectivity index (χ3n) is 5.01. The second kappa shape index (κ2) is 7.26. The number of nitrogens with zero attached hydrogens (tertiary/aromatic N) is 3. The minimum absolute atomic E-state index is 0.0964. The largest absolute Gasteiger partial charge is 0.355 e. The SMILES string of the molecule is O=CC1CN(c2ncnc3cccc(-c4ccc(Cl)c(Cl)c4)c23)CCC1(F)F. The molecule has 1 fully saturated rings. The molecule has 144 valence electrons. The van der Waals surface area contributed by atoms with E-state index in [1.54, 1.807) is 17.0 Å². The van der Waals surface area contributed by atoms with E-state index in [1.165, 1.54) is 6.33 Å². The van der Waals surface area contributed by atoms with Crippen LogP contribution < -0.4 is 4.90 Å². The molecule has 2 aromatic carbocycles. The van der Waals surface area contributed by atoms with Crippen LogP contribution in [0.3, 0.4) is 0 Å². The number of fused-ring (bicyclic) bond motifs is 1. The lowest BCUT2D eigenvalue weighted by Gasteiger charge is -2.37. The van der Waals surface area contributed by atoms with E-state index in [0.717, 1.165) is 16.5 Å². The van der Waals surface area contributed by atoms with Gasteiger partial charge in [-0.25, -0.2) is 18.7 Å². The van der Waals surface area contributed by atoms with Crippen molar-refractivity contribution in [1.82, 2.24) is 9.97 Å². The zero-order valence-electron chi connectivity index (χ0n) is 14.6. The van der Waals surface area contributed by atoms with Crippen LogP contribution >= 0.6 is 23.2 Å². The van der Waals surface area contributed by atoms with Crippen LogP contribution in [0.2, 0.25) is 10.0 Å². The first-order valence-corrected chi connectivity index (χ1v) is 9.43. The fourth-order valence-electron chi connectivity index (χ4n) is 3.50. The third-order valence-corrected chi connectivity index (χ3v) is 5.75. The Morgan fingerprint density at radius 3 is 2.71 bits per heavy atom. The van der Waals surface area contributed by atoms with Crippen LogP contribution in [0.15, 0.2) is 42.7 Å². The Morgan fingerprint density at radius 2 is 1.96 bits per heavy atom. The minimum Gasteiger partial charge on any atom is -0.355 e. The number of piperidine rings is 1. The molecule has 4 nitrogen and oxygen atoms in total. The van der Waals surface area contributed by atoms with Gasteiger partial charge in [-0.3, -0.25) is 0 Å². The molecule has 0 saturated carbocycles. The van der Waals surface area contributed by atoms with E-state index in [9.17, 15) is 13.6 Å². The summed E-state index contributed by atoms with van der Waals surface area (Å²) in [5.41, 5.74) is 2.30. The van der Waals surface area contributed by atoms with Crippen LogP contribution in [-0.2, 0) is 4.79 Å². The maximum absolute atomic E-state index is 14.0. The van der Waals surface area contributed by atoms with Gasteiger partial charge in [-0.15, -0.1) is 0 Å². The molecule has 1 unspecified atom stereocenters. The van der Waals surface area contributed by atoms with E-state index in [4.69, 9.17) is 23.2 Å². The number of rotatable bonds is 3. The Kier molecular flexibility index (Phi) is 4.93. The van der Waals surface area contributed by atoms with Gasteiger partial charge in [-0.1, -0.05) is 41.4 Å². The summed E-state index contributed by atoms with van der Waals surface area (Å²) < 4.78 is 28.0. The number of benzene rings is 2. The third kappa shape index (κ3) is 3.31. The summed E-state index contributed by atoms with van der Waals surface area (Å²) in [6, 6.07) is 10.9. The van der Waals surface area contributed by atoms with Gasteiger partial charge in [0.2, 0.25) is 0 Å². The van der Waals surface area contributed by atoms with Gasteiger partial charge in [0.05, 0.1) is 26.9 Å². The number of carbonyl (C=O) groups is 1. The van der Waals surface area contributed by atoms with Gasteiger partial charge < -0.3 is 9.69 Å². The molecule has 1 atom stereocenters. The standard InChI is InChI=1S/C20H15Cl2F2N3O/c21-15-5-4-12(8-16(15)22)14-2-1-3-17-18(14)19(26-11-25-17)27-7-6-20(23,24)13(9-27)10-28/h1-5,8,10-11,13H,6-7,9H2. The van der Waals surface area contributed by atoms with Gasteiger partial charge in [0, 0.05) is 19.5 Å². The minimum atomic E-state index is -3.01. The predicted octanol–water partition coefficient (Wildman–Crippen LogP) is 5.26. The summed E-state index contributed by atoms with van der Waals surface area (Å²) in [4.78, 5) is 21.6. The topological polar surface area (TPSA) is 46.1 Å². The molecule has 0 amide bonds. The summed E-state index contributed by atoms with van der Waals surface area (Å²) in [5, 5.41) is 1.57. The predicted molar refractivity (Wildman–Crippen MR) is 106 cm³/mol. The lowest BCUT2D eigenvalue weighted by Crippen LogP contribution is -2.48. The summed E-state index contributed by atoms with van der Waals surface area (Å²) in [7, 11) is 0. The molecule has 0 N–H and O–H groups in total. The molecule has 8 heteroatoms. The van der Waals surface area contributed by atoms with E-state index < -0.39 is 18.3 Å². The van der Waals surface area contributed by atoms with Crippen molar-refractivity contribution >= 4 is 46.2 Å². The van der Waals surface area contributed by atoms with Crippen LogP contribution in [0.25, 0.3) is 22.0 Å². The zero-order valence-corrected chi connectivity index (χ0v) is 16.1. The maximum atomic E-state index is 14.0. The number of hydrogen-bond donors (Lipinski definition) is 0. The number of anilines is 1. The normalized spacial score (nSPS) is 19.0. The first-order valence-electron chi connectivity index (χ1n) is 8.68. The summed E-state index contributed by atoms with van der Waals surface area (Å²) in [5.74, 6) is -3.86. The van der Waals surface area contributed by atoms with Gasteiger partial charge in [0.1, 0.15) is 18.4 Å². The number of alkyl halides is 2. The molecule has 0 spiro atoms. The smallest absolute Gasteiger partial charge is 0.260 e. The molecule has 1 aliphatic heterocycles. The van der Waals surface area contributed by atoms with E-state index in [-0.39, 0.29) is 13.1 Å². The molecular weight excluding hydrogens is 407 g/mol. The summed E-state index contributed by atoms with van der Waals surface area (Å²) in [6.45, 7) is -0.00250. The molecule has 0 bridgehead atoms. The van der Waals surface area contributed by atoms with Crippen molar-refractivity contribution < 1.29 is 13.6 Å². The number of aromatic nitrogens is 2. The van der Waals surface area contributed by atoms with Crippen molar-refractivity contribution in [2.45, 2.75) is 12.3 Å². The van der Waals surface area contributed by atoms with Crippen molar-refractivity contribution in [3.63, 3.8) is 0 Å². The van der Waals surface area contributed by atoms with Gasteiger partial charge in [0.15, 0.2) is 0 Å². The van der Waals surface area contributed by atoms with Crippen molar-refractivity contribution in [3.8, 4) is 11.1 Å². The highest BCUT2D eigenvalue weighted by Crippen LogP contribution is 2.39. The highest BCUT2D eigenvalue weighted by Gasteiger charge is 2.44. The highest BCUT2D eigenvalue weighted by molar-refractivity contribution is 6.42. The van der Waals surface area contributed by atoms with E-state index in [1.807, 2.05) is 24.3 Å². The molecule has 4 rings (SSSR count). The molecule has 0 aliphatic carbocycles. The van der Waals surface area contributed by atoms with E-state index in [2.05, 4.69) is 9.97 Å². The quantitative estimate of drug-likeness (QED) is 0.540.